The molecule has 6 rings (SSSR count). The van der Waals surface area contributed by atoms with Gasteiger partial charge in [0.2, 0.25) is 0 Å². The molecule has 0 spiro atoms. The van der Waals surface area contributed by atoms with Crippen LogP contribution in [0.25, 0.3) is 43.9 Å². The Morgan fingerprint density at radius 1 is 0.743 bits per heavy atom. The first kappa shape index (κ1) is 21.1. The SMILES string of the molecule is CCOc1ccc(NC(=S)Nc2ccc3nc4c5cccnc5c5ncccc5c4nc3c2)cc1. The number of nitrogens with one attached hydrogen (secondary N) is 2. The Labute approximate surface area is 206 Å². The second-order valence-corrected chi connectivity index (χ2v) is 8.37. The molecular formula is C27H20N6OS. The lowest BCUT2D eigenvalue weighted by Crippen LogP contribution is -2.19. The summed E-state index contributed by atoms with van der Waals surface area (Å²) in [6.45, 7) is 2.59. The van der Waals surface area contributed by atoms with Crippen molar-refractivity contribution >= 4 is 72.6 Å². The summed E-state index contributed by atoms with van der Waals surface area (Å²) in [4.78, 5) is 19.1. The zero-order valence-corrected chi connectivity index (χ0v) is 19.6. The quantitative estimate of drug-likeness (QED) is 0.180. The molecule has 6 aromatic rings. The number of ether oxygens (including phenoxy) is 1. The molecule has 170 valence electrons. The number of fused-ring (bicyclic) bond motifs is 7. The highest BCUT2D eigenvalue weighted by molar-refractivity contribution is 7.80. The Hall–Kier alpha value is -4.43. The number of hydrogen-bond acceptors (Lipinski definition) is 6. The van der Waals surface area contributed by atoms with Crippen LogP contribution >= 0.6 is 12.2 Å². The molecular weight excluding hydrogens is 456 g/mol. The number of anilines is 2. The molecule has 2 N–H and O–H groups in total. The number of benzene rings is 3. The number of aromatic nitrogens is 4. The molecule has 8 heteroatoms. The number of rotatable bonds is 4. The highest BCUT2D eigenvalue weighted by atomic mass is 32.1. The maximum atomic E-state index is 5.51. The fourth-order valence-electron chi connectivity index (χ4n) is 4.17. The molecule has 0 saturated heterocycles. The van der Waals surface area contributed by atoms with Crippen LogP contribution in [0.4, 0.5) is 11.4 Å². The van der Waals surface area contributed by atoms with Gasteiger partial charge in [-0.1, -0.05) is 0 Å². The summed E-state index contributed by atoms with van der Waals surface area (Å²) in [6, 6.07) is 21.3. The Morgan fingerprint density at radius 3 is 2.00 bits per heavy atom. The van der Waals surface area contributed by atoms with E-state index in [0.29, 0.717) is 11.7 Å². The van der Waals surface area contributed by atoms with E-state index in [1.54, 1.807) is 12.4 Å². The van der Waals surface area contributed by atoms with Crippen molar-refractivity contribution < 1.29 is 4.74 Å². The van der Waals surface area contributed by atoms with Crippen molar-refractivity contribution in [1.29, 1.82) is 0 Å². The Bertz CT molecular complexity index is 1740. The number of hydrogen-bond donors (Lipinski definition) is 2. The third kappa shape index (κ3) is 3.94. The number of pyridine rings is 2. The average molecular weight is 477 g/mol. The van der Waals surface area contributed by atoms with Crippen LogP contribution in [-0.2, 0) is 0 Å². The van der Waals surface area contributed by atoms with E-state index in [1.807, 2.05) is 73.7 Å². The minimum Gasteiger partial charge on any atom is -0.494 e. The maximum absolute atomic E-state index is 5.51. The van der Waals surface area contributed by atoms with Gasteiger partial charge in [0.05, 0.1) is 39.7 Å². The van der Waals surface area contributed by atoms with Crippen molar-refractivity contribution in [1.82, 2.24) is 19.9 Å². The van der Waals surface area contributed by atoms with Crippen LogP contribution in [-0.4, -0.2) is 31.7 Å². The van der Waals surface area contributed by atoms with E-state index < -0.39 is 0 Å². The minimum atomic E-state index is 0.481. The molecule has 0 amide bonds. The summed E-state index contributed by atoms with van der Waals surface area (Å²) in [5.41, 5.74) is 6.51. The standard InChI is InChI=1S/C27H20N6OS/c1-2-34-18-10-7-16(8-11-18)30-27(35)31-17-9-12-21-22(15-17)33-26-20-6-4-14-29-24(20)23-19(25(26)32-21)5-3-13-28-23/h3-15H,2H2,1H3,(H2,30,31,35). The summed E-state index contributed by atoms with van der Waals surface area (Å²) in [7, 11) is 0. The van der Waals surface area contributed by atoms with Gasteiger partial charge in [-0.25, -0.2) is 9.97 Å². The Kier molecular flexibility index (Phi) is 5.27. The lowest BCUT2D eigenvalue weighted by atomic mass is 10.1. The van der Waals surface area contributed by atoms with Crippen LogP contribution in [0.2, 0.25) is 0 Å². The highest BCUT2D eigenvalue weighted by Gasteiger charge is 2.14. The lowest BCUT2D eigenvalue weighted by Gasteiger charge is -2.12. The molecule has 3 heterocycles. The molecule has 7 nitrogen and oxygen atoms in total. The van der Waals surface area contributed by atoms with Crippen molar-refractivity contribution in [3.63, 3.8) is 0 Å². The van der Waals surface area contributed by atoms with Gasteiger partial charge in [-0.05, 0) is 85.9 Å². The van der Waals surface area contributed by atoms with Crippen LogP contribution in [0.3, 0.4) is 0 Å². The molecule has 0 atom stereocenters. The molecule has 0 bridgehead atoms. The normalized spacial score (nSPS) is 11.2. The molecule has 0 aliphatic carbocycles. The van der Waals surface area contributed by atoms with E-state index in [2.05, 4.69) is 20.6 Å². The van der Waals surface area contributed by atoms with Gasteiger partial charge >= 0.3 is 0 Å². The molecule has 3 aromatic carbocycles. The van der Waals surface area contributed by atoms with Gasteiger partial charge in [0.1, 0.15) is 5.75 Å². The monoisotopic (exact) mass is 476 g/mol. The van der Waals surface area contributed by atoms with Crippen LogP contribution in [0, 0.1) is 0 Å². The second kappa shape index (κ2) is 8.73. The van der Waals surface area contributed by atoms with E-state index in [9.17, 15) is 0 Å². The third-order valence-electron chi connectivity index (χ3n) is 5.70. The van der Waals surface area contributed by atoms with Crippen molar-refractivity contribution in [3.05, 3.63) is 79.1 Å². The first-order chi connectivity index (χ1) is 17.2. The van der Waals surface area contributed by atoms with E-state index >= 15 is 0 Å². The lowest BCUT2D eigenvalue weighted by molar-refractivity contribution is 0.340. The average Bonchev–Trinajstić information content (AvgIpc) is 2.89. The highest BCUT2D eigenvalue weighted by Crippen LogP contribution is 2.32. The summed E-state index contributed by atoms with van der Waals surface area (Å²) >= 11 is 5.51. The molecule has 3 aromatic heterocycles. The van der Waals surface area contributed by atoms with E-state index in [-0.39, 0.29) is 0 Å². The fraction of sp³-hybridized carbons (Fsp3) is 0.0741. The molecule has 35 heavy (non-hydrogen) atoms. The van der Waals surface area contributed by atoms with Gasteiger partial charge in [-0.15, -0.1) is 0 Å². The van der Waals surface area contributed by atoms with Gasteiger partial charge in [-0.3, -0.25) is 9.97 Å². The molecule has 0 unspecified atom stereocenters. The van der Waals surface area contributed by atoms with E-state index in [1.165, 1.54) is 0 Å². The Balaban J connectivity index is 1.36. The summed E-state index contributed by atoms with van der Waals surface area (Å²) in [5.74, 6) is 0.823. The third-order valence-corrected chi connectivity index (χ3v) is 5.90. The van der Waals surface area contributed by atoms with Crippen LogP contribution < -0.4 is 15.4 Å². The van der Waals surface area contributed by atoms with Crippen molar-refractivity contribution in [3.8, 4) is 5.75 Å². The van der Waals surface area contributed by atoms with E-state index in [0.717, 1.165) is 61.0 Å². The van der Waals surface area contributed by atoms with Gasteiger partial charge in [0.15, 0.2) is 5.11 Å². The Morgan fingerprint density at radius 2 is 1.34 bits per heavy atom. The van der Waals surface area contributed by atoms with Crippen LogP contribution in [0.5, 0.6) is 5.75 Å². The van der Waals surface area contributed by atoms with E-state index in [4.69, 9.17) is 26.9 Å². The van der Waals surface area contributed by atoms with Gasteiger partial charge in [0.25, 0.3) is 0 Å². The van der Waals surface area contributed by atoms with Crippen molar-refractivity contribution in [2.75, 3.05) is 17.2 Å². The summed E-state index contributed by atoms with van der Waals surface area (Å²) < 4.78 is 5.49. The largest absolute Gasteiger partial charge is 0.494 e. The number of thiocarbonyl (C=S) groups is 1. The molecule has 0 aliphatic rings. The predicted molar refractivity (Wildman–Crippen MR) is 145 cm³/mol. The van der Waals surface area contributed by atoms with Crippen molar-refractivity contribution in [2.24, 2.45) is 0 Å². The van der Waals surface area contributed by atoms with Gasteiger partial charge < -0.3 is 15.4 Å². The minimum absolute atomic E-state index is 0.481. The van der Waals surface area contributed by atoms with Crippen molar-refractivity contribution in [2.45, 2.75) is 6.92 Å². The summed E-state index contributed by atoms with van der Waals surface area (Å²) in [5, 5.41) is 8.77. The fourth-order valence-corrected chi connectivity index (χ4v) is 4.41. The summed E-state index contributed by atoms with van der Waals surface area (Å²) in [6.07, 6.45) is 3.55. The van der Waals surface area contributed by atoms with Crippen LogP contribution in [0.1, 0.15) is 6.92 Å². The topological polar surface area (TPSA) is 84.9 Å². The van der Waals surface area contributed by atoms with Crippen LogP contribution in [0.15, 0.2) is 79.1 Å². The molecule has 0 saturated carbocycles. The van der Waals surface area contributed by atoms with Gasteiger partial charge in [-0.2, -0.15) is 0 Å². The smallest absolute Gasteiger partial charge is 0.175 e. The molecule has 0 radical (unpaired) electrons. The zero-order valence-electron chi connectivity index (χ0n) is 18.8. The van der Waals surface area contributed by atoms with Gasteiger partial charge in [0, 0.05) is 34.5 Å². The number of nitrogens with zero attached hydrogens (tertiary/aromatic N) is 4. The first-order valence-corrected chi connectivity index (χ1v) is 11.6. The zero-order chi connectivity index (χ0) is 23.8. The second-order valence-electron chi connectivity index (χ2n) is 7.96. The molecule has 0 aliphatic heterocycles. The molecule has 0 fully saturated rings. The predicted octanol–water partition coefficient (Wildman–Crippen LogP) is 6.09. The maximum Gasteiger partial charge on any atom is 0.175 e. The first-order valence-electron chi connectivity index (χ1n) is 11.2.